The molecule has 0 bridgehead atoms. The SMILES string of the molecule is CCCCn1cc(S(=O)(=O)c2ccc(C)cc2)c(=O)c2cc(F)c(N3C[C@H](C)C[C@@H](C)C3)cc21. The minimum atomic E-state index is -4.05. The van der Waals surface area contributed by atoms with Crippen molar-refractivity contribution in [3.05, 3.63) is 64.2 Å². The Hall–Kier alpha value is -2.67. The van der Waals surface area contributed by atoms with Crippen LogP contribution in [-0.2, 0) is 16.4 Å². The van der Waals surface area contributed by atoms with Crippen LogP contribution in [-0.4, -0.2) is 26.1 Å². The van der Waals surface area contributed by atoms with Crippen molar-refractivity contribution in [1.29, 1.82) is 0 Å². The van der Waals surface area contributed by atoms with E-state index in [1.807, 2.05) is 6.92 Å². The van der Waals surface area contributed by atoms with Gasteiger partial charge in [-0.25, -0.2) is 12.8 Å². The first kappa shape index (κ1) is 24.5. The summed E-state index contributed by atoms with van der Waals surface area (Å²) in [4.78, 5) is 15.2. The summed E-state index contributed by atoms with van der Waals surface area (Å²) in [5, 5.41) is 0.101. The Balaban J connectivity index is 1.91. The predicted octanol–water partition coefficient (Wildman–Crippen LogP) is 5.56. The van der Waals surface area contributed by atoms with Gasteiger partial charge in [-0.2, -0.15) is 0 Å². The van der Waals surface area contributed by atoms with Gasteiger partial charge < -0.3 is 9.47 Å². The van der Waals surface area contributed by atoms with Crippen molar-refractivity contribution in [3.8, 4) is 0 Å². The van der Waals surface area contributed by atoms with Gasteiger partial charge in [0, 0.05) is 25.8 Å². The highest BCUT2D eigenvalue weighted by Crippen LogP contribution is 2.31. The lowest BCUT2D eigenvalue weighted by molar-refractivity contribution is 0.354. The van der Waals surface area contributed by atoms with Crippen molar-refractivity contribution in [2.75, 3.05) is 18.0 Å². The van der Waals surface area contributed by atoms with Gasteiger partial charge in [0.25, 0.3) is 0 Å². The Morgan fingerprint density at radius 2 is 1.71 bits per heavy atom. The van der Waals surface area contributed by atoms with Crippen molar-refractivity contribution in [2.24, 2.45) is 11.8 Å². The Morgan fingerprint density at radius 3 is 2.32 bits per heavy atom. The molecule has 2 heterocycles. The molecule has 1 aliphatic heterocycles. The molecule has 4 rings (SSSR count). The Bertz CT molecular complexity index is 1350. The minimum Gasteiger partial charge on any atom is -0.369 e. The van der Waals surface area contributed by atoms with E-state index in [0.29, 0.717) is 29.6 Å². The molecular formula is C27H33FN2O3S. The monoisotopic (exact) mass is 484 g/mol. The van der Waals surface area contributed by atoms with Crippen LogP contribution in [0.5, 0.6) is 0 Å². The average Bonchev–Trinajstić information content (AvgIpc) is 2.78. The first-order valence-electron chi connectivity index (χ1n) is 12.0. The van der Waals surface area contributed by atoms with Crippen LogP contribution in [0, 0.1) is 24.6 Å². The summed E-state index contributed by atoms with van der Waals surface area (Å²) in [6.45, 7) is 10.3. The molecule has 34 heavy (non-hydrogen) atoms. The van der Waals surface area contributed by atoms with Gasteiger partial charge in [-0.1, -0.05) is 44.9 Å². The number of anilines is 1. The molecule has 0 radical (unpaired) electrons. The molecule has 1 aliphatic rings. The number of aromatic nitrogens is 1. The number of hydrogen-bond donors (Lipinski definition) is 0. The highest BCUT2D eigenvalue weighted by atomic mass is 32.2. The molecule has 7 heteroatoms. The van der Waals surface area contributed by atoms with Gasteiger partial charge in [-0.05, 0) is 55.9 Å². The van der Waals surface area contributed by atoms with Gasteiger partial charge >= 0.3 is 0 Å². The average molecular weight is 485 g/mol. The zero-order valence-corrected chi connectivity index (χ0v) is 21.2. The van der Waals surface area contributed by atoms with Gasteiger partial charge in [0.05, 0.1) is 21.5 Å². The Labute approximate surface area is 201 Å². The molecular weight excluding hydrogens is 451 g/mol. The third kappa shape index (κ3) is 4.63. The Morgan fingerprint density at radius 1 is 1.06 bits per heavy atom. The van der Waals surface area contributed by atoms with Crippen molar-refractivity contribution >= 4 is 26.4 Å². The van der Waals surface area contributed by atoms with Crippen LogP contribution >= 0.6 is 0 Å². The summed E-state index contributed by atoms with van der Waals surface area (Å²) < 4.78 is 44.0. The number of pyridine rings is 1. The molecule has 2 atom stereocenters. The van der Waals surface area contributed by atoms with Gasteiger partial charge in [0.2, 0.25) is 15.3 Å². The number of aryl methyl sites for hydroxylation is 2. The maximum absolute atomic E-state index is 15.4. The fourth-order valence-corrected chi connectivity index (χ4v) is 6.39. The number of fused-ring (bicyclic) bond motifs is 1. The van der Waals surface area contributed by atoms with Gasteiger partial charge in [0.15, 0.2) is 0 Å². The van der Waals surface area contributed by atoms with Crippen molar-refractivity contribution in [1.82, 2.24) is 4.57 Å². The molecule has 1 fully saturated rings. The highest BCUT2D eigenvalue weighted by molar-refractivity contribution is 7.91. The van der Waals surface area contributed by atoms with Gasteiger partial charge in [-0.15, -0.1) is 0 Å². The Kier molecular flexibility index (Phi) is 6.85. The molecule has 1 saturated heterocycles. The van der Waals surface area contributed by atoms with Crippen LogP contribution in [0.25, 0.3) is 10.9 Å². The predicted molar refractivity (Wildman–Crippen MR) is 135 cm³/mol. The van der Waals surface area contributed by atoms with E-state index in [9.17, 15) is 13.2 Å². The minimum absolute atomic E-state index is 0.0602. The number of piperidine rings is 1. The number of benzene rings is 2. The fraction of sp³-hybridized carbons (Fsp3) is 0.444. The largest absolute Gasteiger partial charge is 0.369 e. The number of halogens is 1. The van der Waals surface area contributed by atoms with Crippen LogP contribution in [0.15, 0.2) is 57.2 Å². The zero-order chi connectivity index (χ0) is 24.6. The second-order valence-corrected chi connectivity index (χ2v) is 11.8. The van der Waals surface area contributed by atoms with E-state index in [1.54, 1.807) is 22.8 Å². The van der Waals surface area contributed by atoms with Crippen molar-refractivity contribution in [3.63, 3.8) is 0 Å². The van der Waals surface area contributed by atoms with Crippen molar-refractivity contribution in [2.45, 2.75) is 63.3 Å². The maximum Gasteiger partial charge on any atom is 0.211 e. The maximum atomic E-state index is 15.4. The number of rotatable bonds is 6. The molecule has 0 saturated carbocycles. The summed E-state index contributed by atoms with van der Waals surface area (Å²) in [5.74, 6) is 0.407. The summed E-state index contributed by atoms with van der Waals surface area (Å²) >= 11 is 0. The summed E-state index contributed by atoms with van der Waals surface area (Å²) in [6, 6.07) is 9.38. The fourth-order valence-electron chi connectivity index (χ4n) is 5.02. The van der Waals surface area contributed by atoms with Crippen LogP contribution < -0.4 is 10.3 Å². The first-order chi connectivity index (χ1) is 16.1. The van der Waals surface area contributed by atoms with E-state index in [1.165, 1.54) is 24.4 Å². The van der Waals surface area contributed by atoms with E-state index < -0.39 is 21.1 Å². The third-order valence-electron chi connectivity index (χ3n) is 6.70. The second kappa shape index (κ2) is 9.53. The highest BCUT2D eigenvalue weighted by Gasteiger charge is 2.27. The normalized spacial score (nSPS) is 19.0. The number of unbranched alkanes of at least 4 members (excludes halogenated alkanes) is 1. The first-order valence-corrected chi connectivity index (χ1v) is 13.5. The van der Waals surface area contributed by atoms with Crippen LogP contribution in [0.2, 0.25) is 0 Å². The topological polar surface area (TPSA) is 59.4 Å². The quantitative estimate of drug-likeness (QED) is 0.459. The molecule has 0 spiro atoms. The van der Waals surface area contributed by atoms with Gasteiger partial charge in [-0.3, -0.25) is 4.79 Å². The molecule has 0 aliphatic carbocycles. The lowest BCUT2D eigenvalue weighted by atomic mass is 9.91. The summed E-state index contributed by atoms with van der Waals surface area (Å²) in [5.41, 5.74) is 1.32. The standard InChI is InChI=1S/C27H33FN2O3S/c1-5-6-11-29-17-26(34(32,33)21-9-7-18(2)8-10-21)27(31)22-13-23(28)25(14-24(22)29)30-15-19(3)12-20(4)16-30/h7-10,13-14,17,19-20H,5-6,11-12,15-16H2,1-4H3/t19-,20-/m1/s1. The van der Waals surface area contributed by atoms with E-state index in [2.05, 4.69) is 25.7 Å². The molecule has 0 unspecified atom stereocenters. The molecule has 0 amide bonds. The second-order valence-electron chi connectivity index (χ2n) is 9.86. The smallest absolute Gasteiger partial charge is 0.211 e. The molecule has 0 N–H and O–H groups in total. The van der Waals surface area contributed by atoms with Crippen LogP contribution in [0.1, 0.15) is 45.6 Å². The molecule has 2 aromatic carbocycles. The van der Waals surface area contributed by atoms with E-state index in [0.717, 1.165) is 37.9 Å². The third-order valence-corrected chi connectivity index (χ3v) is 8.46. The number of sulfone groups is 1. The summed E-state index contributed by atoms with van der Waals surface area (Å²) in [7, 11) is -4.05. The molecule has 5 nitrogen and oxygen atoms in total. The number of hydrogen-bond acceptors (Lipinski definition) is 4. The van der Waals surface area contributed by atoms with Crippen LogP contribution in [0.3, 0.4) is 0 Å². The lowest BCUT2D eigenvalue weighted by Gasteiger charge is -2.37. The van der Waals surface area contributed by atoms with Crippen molar-refractivity contribution < 1.29 is 12.8 Å². The molecule has 1 aromatic heterocycles. The zero-order valence-electron chi connectivity index (χ0n) is 20.3. The summed E-state index contributed by atoms with van der Waals surface area (Å²) in [6.07, 6.45) is 4.27. The van der Waals surface area contributed by atoms with E-state index in [-0.39, 0.29) is 15.2 Å². The van der Waals surface area contributed by atoms with Crippen LogP contribution in [0.4, 0.5) is 10.1 Å². The van der Waals surface area contributed by atoms with Gasteiger partial charge in [0.1, 0.15) is 10.7 Å². The van der Waals surface area contributed by atoms with E-state index >= 15 is 4.39 Å². The van der Waals surface area contributed by atoms with E-state index in [4.69, 9.17) is 0 Å². The molecule has 182 valence electrons. The number of nitrogens with zero attached hydrogens (tertiary/aromatic N) is 2. The lowest BCUT2D eigenvalue weighted by Crippen LogP contribution is -2.39. The molecule has 3 aromatic rings.